The SMILES string of the molecule is COCC(=O)Nc1ccc2c(c1)OC[C@H](C)N(C(C)=O)C[C@@H](C)[C@H](OC)CN(C)C2=O. The monoisotopic (exact) mass is 435 g/mol. The Bertz CT molecular complexity index is 799. The number of methoxy groups -OCH3 is 2. The van der Waals surface area contributed by atoms with E-state index in [4.69, 9.17) is 14.2 Å². The summed E-state index contributed by atoms with van der Waals surface area (Å²) in [5.41, 5.74) is 0.861. The molecule has 1 heterocycles. The minimum atomic E-state index is -0.313. The molecule has 0 fully saturated rings. The lowest BCUT2D eigenvalue weighted by Gasteiger charge is -2.35. The number of rotatable bonds is 4. The molecule has 172 valence electrons. The minimum absolute atomic E-state index is 0.0175. The fourth-order valence-corrected chi connectivity index (χ4v) is 3.62. The largest absolute Gasteiger partial charge is 0.491 e. The first-order chi connectivity index (χ1) is 14.7. The second-order valence-corrected chi connectivity index (χ2v) is 7.96. The van der Waals surface area contributed by atoms with E-state index in [-0.39, 0.29) is 49.0 Å². The molecule has 1 aromatic rings. The van der Waals surface area contributed by atoms with E-state index in [9.17, 15) is 14.4 Å². The van der Waals surface area contributed by atoms with E-state index in [0.717, 1.165) is 0 Å². The summed E-state index contributed by atoms with van der Waals surface area (Å²) in [6.07, 6.45) is -0.237. The van der Waals surface area contributed by atoms with Crippen molar-refractivity contribution in [2.75, 3.05) is 52.9 Å². The number of fused-ring (bicyclic) bond motifs is 1. The van der Waals surface area contributed by atoms with Gasteiger partial charge in [0.1, 0.15) is 19.0 Å². The van der Waals surface area contributed by atoms with Gasteiger partial charge in [0.25, 0.3) is 5.91 Å². The summed E-state index contributed by atoms with van der Waals surface area (Å²) >= 11 is 0. The van der Waals surface area contributed by atoms with Gasteiger partial charge < -0.3 is 29.3 Å². The highest BCUT2D eigenvalue weighted by atomic mass is 16.5. The molecule has 3 atom stereocenters. The maximum Gasteiger partial charge on any atom is 0.257 e. The lowest BCUT2D eigenvalue weighted by molar-refractivity contribution is -0.133. The van der Waals surface area contributed by atoms with Gasteiger partial charge in [0.05, 0.1) is 17.7 Å². The topological polar surface area (TPSA) is 97.4 Å². The molecule has 9 nitrogen and oxygen atoms in total. The summed E-state index contributed by atoms with van der Waals surface area (Å²) < 4.78 is 16.5. The third-order valence-corrected chi connectivity index (χ3v) is 5.41. The van der Waals surface area contributed by atoms with Crippen LogP contribution in [0.4, 0.5) is 5.69 Å². The van der Waals surface area contributed by atoms with Gasteiger partial charge in [-0.15, -0.1) is 0 Å². The molecule has 1 N–H and O–H groups in total. The molecule has 1 aliphatic rings. The maximum atomic E-state index is 13.1. The third-order valence-electron chi connectivity index (χ3n) is 5.41. The van der Waals surface area contributed by atoms with Crippen LogP contribution in [-0.2, 0) is 19.1 Å². The molecule has 0 radical (unpaired) electrons. The molecule has 1 aliphatic heterocycles. The van der Waals surface area contributed by atoms with Crippen molar-refractivity contribution in [2.45, 2.75) is 32.9 Å². The van der Waals surface area contributed by atoms with E-state index in [0.29, 0.717) is 30.1 Å². The highest BCUT2D eigenvalue weighted by Crippen LogP contribution is 2.26. The van der Waals surface area contributed by atoms with Crippen molar-refractivity contribution in [3.8, 4) is 5.75 Å². The second kappa shape index (κ2) is 11.1. The lowest BCUT2D eigenvalue weighted by atomic mass is 10.0. The first kappa shape index (κ1) is 24.6. The Balaban J connectivity index is 2.41. The van der Waals surface area contributed by atoms with E-state index in [2.05, 4.69) is 5.32 Å². The summed E-state index contributed by atoms with van der Waals surface area (Å²) in [4.78, 5) is 40.6. The van der Waals surface area contributed by atoms with Crippen LogP contribution in [-0.4, -0.2) is 87.2 Å². The zero-order chi connectivity index (χ0) is 23.1. The van der Waals surface area contributed by atoms with Crippen molar-refractivity contribution >= 4 is 23.4 Å². The number of hydrogen-bond acceptors (Lipinski definition) is 6. The van der Waals surface area contributed by atoms with Crippen LogP contribution in [0.15, 0.2) is 18.2 Å². The molecule has 0 saturated heterocycles. The van der Waals surface area contributed by atoms with Crippen molar-refractivity contribution in [3.63, 3.8) is 0 Å². The van der Waals surface area contributed by atoms with Gasteiger partial charge in [0, 0.05) is 59.0 Å². The average Bonchev–Trinajstić information content (AvgIpc) is 2.72. The van der Waals surface area contributed by atoms with E-state index in [1.807, 2.05) is 13.8 Å². The normalized spacial score (nSPS) is 22.6. The first-order valence-electron chi connectivity index (χ1n) is 10.3. The fourth-order valence-electron chi connectivity index (χ4n) is 3.62. The van der Waals surface area contributed by atoms with E-state index in [1.54, 1.807) is 42.2 Å². The number of nitrogens with one attached hydrogen (secondary N) is 1. The van der Waals surface area contributed by atoms with Crippen molar-refractivity contribution in [2.24, 2.45) is 5.92 Å². The first-order valence-corrected chi connectivity index (χ1v) is 10.3. The Morgan fingerprint density at radius 1 is 1.23 bits per heavy atom. The highest BCUT2D eigenvalue weighted by molar-refractivity contribution is 5.98. The third kappa shape index (κ3) is 6.41. The number of likely N-dealkylation sites (N-methyl/N-ethyl adjacent to an activating group) is 1. The molecular weight excluding hydrogens is 402 g/mol. The smallest absolute Gasteiger partial charge is 0.257 e. The lowest BCUT2D eigenvalue weighted by Crippen LogP contribution is -2.48. The predicted octanol–water partition coefficient (Wildman–Crippen LogP) is 1.62. The van der Waals surface area contributed by atoms with Crippen LogP contribution in [0.2, 0.25) is 0 Å². The number of carbonyl (C=O) groups excluding carboxylic acids is 3. The summed E-state index contributed by atoms with van der Waals surface area (Å²) in [6.45, 7) is 6.40. The van der Waals surface area contributed by atoms with Gasteiger partial charge in [-0.3, -0.25) is 14.4 Å². The van der Waals surface area contributed by atoms with Crippen molar-refractivity contribution in [3.05, 3.63) is 23.8 Å². The number of carbonyl (C=O) groups is 3. The van der Waals surface area contributed by atoms with Crippen LogP contribution in [0.3, 0.4) is 0 Å². The van der Waals surface area contributed by atoms with Crippen molar-refractivity contribution < 1.29 is 28.6 Å². The van der Waals surface area contributed by atoms with Crippen LogP contribution in [0.5, 0.6) is 5.75 Å². The minimum Gasteiger partial charge on any atom is -0.491 e. The summed E-state index contributed by atoms with van der Waals surface area (Å²) in [7, 11) is 4.75. The Morgan fingerprint density at radius 2 is 1.94 bits per heavy atom. The Hall–Kier alpha value is -2.65. The number of nitrogens with zero attached hydrogens (tertiary/aromatic N) is 2. The number of benzene rings is 1. The molecule has 0 spiro atoms. The van der Waals surface area contributed by atoms with Gasteiger partial charge in [-0.1, -0.05) is 6.92 Å². The van der Waals surface area contributed by atoms with Gasteiger partial charge in [-0.25, -0.2) is 0 Å². The molecule has 2 rings (SSSR count). The Kier molecular flexibility index (Phi) is 8.82. The predicted molar refractivity (Wildman–Crippen MR) is 116 cm³/mol. The summed E-state index contributed by atoms with van der Waals surface area (Å²) in [5, 5.41) is 2.71. The van der Waals surface area contributed by atoms with Gasteiger partial charge in [-0.2, -0.15) is 0 Å². The van der Waals surface area contributed by atoms with Gasteiger partial charge >= 0.3 is 0 Å². The molecular formula is C22H33N3O6. The van der Waals surface area contributed by atoms with Crippen molar-refractivity contribution in [1.29, 1.82) is 0 Å². The van der Waals surface area contributed by atoms with Gasteiger partial charge in [-0.05, 0) is 19.1 Å². The number of anilines is 1. The van der Waals surface area contributed by atoms with E-state index >= 15 is 0 Å². The quantitative estimate of drug-likeness (QED) is 0.772. The number of amides is 3. The molecule has 1 aromatic carbocycles. The fraction of sp³-hybridized carbons (Fsp3) is 0.591. The molecule has 31 heavy (non-hydrogen) atoms. The molecule has 0 bridgehead atoms. The van der Waals surface area contributed by atoms with Crippen LogP contribution >= 0.6 is 0 Å². The van der Waals surface area contributed by atoms with Crippen LogP contribution in [0.1, 0.15) is 31.1 Å². The van der Waals surface area contributed by atoms with Crippen molar-refractivity contribution in [1.82, 2.24) is 9.80 Å². The number of ether oxygens (including phenoxy) is 3. The van der Waals surface area contributed by atoms with Crippen LogP contribution in [0.25, 0.3) is 0 Å². The maximum absolute atomic E-state index is 13.1. The Morgan fingerprint density at radius 3 is 2.55 bits per heavy atom. The Labute approximate surface area is 183 Å². The highest BCUT2D eigenvalue weighted by Gasteiger charge is 2.29. The molecule has 0 aromatic heterocycles. The molecule has 0 unspecified atom stereocenters. The summed E-state index contributed by atoms with van der Waals surface area (Å²) in [6, 6.07) is 4.67. The summed E-state index contributed by atoms with van der Waals surface area (Å²) in [5.74, 6) is -0.225. The molecule has 9 heteroatoms. The molecule has 0 aliphatic carbocycles. The van der Waals surface area contributed by atoms with E-state index in [1.165, 1.54) is 14.0 Å². The second-order valence-electron chi connectivity index (χ2n) is 7.96. The van der Waals surface area contributed by atoms with Crippen LogP contribution in [0, 0.1) is 5.92 Å². The van der Waals surface area contributed by atoms with Gasteiger partial charge in [0.2, 0.25) is 11.8 Å². The standard InChI is InChI=1S/C22H33N3O6/c1-14-10-25(16(3)26)15(2)12-31-19-9-17(23-21(27)13-29-5)7-8-18(19)22(28)24(4)11-20(14)30-6/h7-9,14-15,20H,10-13H2,1-6H3,(H,23,27)/t14-,15+,20-/m1/s1. The molecule has 3 amide bonds. The van der Waals surface area contributed by atoms with Crippen LogP contribution < -0.4 is 10.1 Å². The zero-order valence-electron chi connectivity index (χ0n) is 19.1. The zero-order valence-corrected chi connectivity index (χ0v) is 19.1. The van der Waals surface area contributed by atoms with E-state index < -0.39 is 0 Å². The van der Waals surface area contributed by atoms with Gasteiger partial charge in [0.15, 0.2) is 0 Å². The molecule has 0 saturated carbocycles. The number of hydrogen-bond donors (Lipinski definition) is 1. The average molecular weight is 436 g/mol.